The second kappa shape index (κ2) is 5.92. The maximum absolute atomic E-state index is 12.8. The Morgan fingerprint density at radius 1 is 1.36 bits per heavy atom. The van der Waals surface area contributed by atoms with Crippen LogP contribution in [0.15, 0.2) is 18.2 Å². The minimum atomic E-state index is -0.520. The molecule has 2 heterocycles. The number of nitro benzene ring substituents is 1. The first-order valence-electron chi connectivity index (χ1n) is 7.47. The number of ether oxygens (including phenoxy) is 1. The zero-order valence-corrected chi connectivity index (χ0v) is 12.4. The highest BCUT2D eigenvalue weighted by Gasteiger charge is 2.38. The summed E-state index contributed by atoms with van der Waals surface area (Å²) in [6.45, 7) is 1.70. The molecule has 2 unspecified atom stereocenters. The Labute approximate surface area is 128 Å². The van der Waals surface area contributed by atoms with Crippen molar-refractivity contribution in [3.8, 4) is 5.75 Å². The van der Waals surface area contributed by atoms with E-state index in [1.165, 1.54) is 19.2 Å². The van der Waals surface area contributed by atoms with Crippen molar-refractivity contribution in [2.45, 2.75) is 31.3 Å². The van der Waals surface area contributed by atoms with Gasteiger partial charge >= 0.3 is 5.69 Å². The molecule has 0 aliphatic carbocycles. The van der Waals surface area contributed by atoms with Gasteiger partial charge in [0.15, 0.2) is 5.75 Å². The van der Waals surface area contributed by atoms with E-state index in [1.54, 1.807) is 6.07 Å². The van der Waals surface area contributed by atoms with Gasteiger partial charge in [-0.3, -0.25) is 14.9 Å². The first-order valence-corrected chi connectivity index (χ1v) is 7.47. The third kappa shape index (κ3) is 2.52. The zero-order chi connectivity index (χ0) is 15.7. The van der Waals surface area contributed by atoms with Crippen LogP contribution >= 0.6 is 0 Å². The summed E-state index contributed by atoms with van der Waals surface area (Å²) in [5, 5.41) is 14.5. The number of nitrogens with zero attached hydrogens (tertiary/aromatic N) is 2. The molecular weight excluding hydrogens is 286 g/mol. The number of hydrogen-bond acceptors (Lipinski definition) is 5. The summed E-state index contributed by atoms with van der Waals surface area (Å²) in [5.41, 5.74) is 0.181. The van der Waals surface area contributed by atoms with Crippen molar-refractivity contribution < 1.29 is 14.5 Å². The lowest BCUT2D eigenvalue weighted by Crippen LogP contribution is -2.42. The Bertz CT molecular complexity index is 590. The second-order valence-corrected chi connectivity index (χ2v) is 5.73. The Balaban J connectivity index is 1.92. The molecule has 0 aromatic heterocycles. The van der Waals surface area contributed by atoms with E-state index in [4.69, 9.17) is 4.74 Å². The molecule has 2 bridgehead atoms. The molecule has 2 fully saturated rings. The fraction of sp³-hybridized carbons (Fsp3) is 0.533. The van der Waals surface area contributed by atoms with E-state index in [2.05, 4.69) is 5.32 Å². The fourth-order valence-corrected chi connectivity index (χ4v) is 3.43. The summed E-state index contributed by atoms with van der Waals surface area (Å²) in [6.07, 6.45) is 2.93. The number of benzene rings is 1. The van der Waals surface area contributed by atoms with Crippen molar-refractivity contribution in [3.63, 3.8) is 0 Å². The summed E-state index contributed by atoms with van der Waals surface area (Å²) in [7, 11) is 1.38. The minimum absolute atomic E-state index is 0.123. The number of nitro groups is 1. The molecule has 7 heteroatoms. The quantitative estimate of drug-likeness (QED) is 0.677. The molecule has 2 atom stereocenters. The van der Waals surface area contributed by atoms with Crippen molar-refractivity contribution in [1.29, 1.82) is 0 Å². The Kier molecular flexibility index (Phi) is 3.98. The monoisotopic (exact) mass is 305 g/mol. The van der Waals surface area contributed by atoms with Crippen LogP contribution in [0.2, 0.25) is 0 Å². The van der Waals surface area contributed by atoms with Crippen molar-refractivity contribution in [2.75, 3.05) is 20.2 Å². The zero-order valence-electron chi connectivity index (χ0n) is 12.4. The number of fused-ring (bicyclic) bond motifs is 2. The summed E-state index contributed by atoms with van der Waals surface area (Å²) in [4.78, 5) is 25.3. The van der Waals surface area contributed by atoms with E-state index in [9.17, 15) is 14.9 Å². The standard InChI is InChI=1S/C15H19N3O4/c1-22-14-5-2-10(8-13(14)18(20)21)15(19)17-11-3-4-12(17)9-16-7-6-11/h2,5,8,11-12,16H,3-4,6-7,9H2,1H3. The van der Waals surface area contributed by atoms with E-state index in [-0.39, 0.29) is 29.4 Å². The molecule has 1 amide bonds. The van der Waals surface area contributed by atoms with E-state index in [1.807, 2.05) is 4.90 Å². The van der Waals surface area contributed by atoms with Crippen LogP contribution in [-0.2, 0) is 0 Å². The average Bonchev–Trinajstić information content (AvgIpc) is 2.78. The highest BCUT2D eigenvalue weighted by Crippen LogP contribution is 2.32. The second-order valence-electron chi connectivity index (χ2n) is 5.73. The van der Waals surface area contributed by atoms with Crippen LogP contribution < -0.4 is 10.1 Å². The lowest BCUT2D eigenvalue weighted by Gasteiger charge is -2.28. The number of nitrogens with one attached hydrogen (secondary N) is 1. The van der Waals surface area contributed by atoms with Crippen molar-refractivity contribution in [2.24, 2.45) is 0 Å². The Hall–Kier alpha value is -2.15. The van der Waals surface area contributed by atoms with Crippen molar-refractivity contribution >= 4 is 11.6 Å². The normalized spacial score (nSPS) is 24.0. The van der Waals surface area contributed by atoms with E-state index >= 15 is 0 Å². The van der Waals surface area contributed by atoms with Gasteiger partial charge in [0, 0.05) is 30.3 Å². The first kappa shape index (κ1) is 14.8. The molecule has 2 aliphatic heterocycles. The molecule has 1 aromatic rings. The predicted molar refractivity (Wildman–Crippen MR) is 80.1 cm³/mol. The van der Waals surface area contributed by atoms with Gasteiger partial charge in [-0.2, -0.15) is 0 Å². The molecule has 22 heavy (non-hydrogen) atoms. The number of amides is 1. The molecule has 118 valence electrons. The molecule has 0 saturated carbocycles. The number of hydrogen-bond donors (Lipinski definition) is 1. The van der Waals surface area contributed by atoms with E-state index in [0.29, 0.717) is 5.56 Å². The first-order chi connectivity index (χ1) is 10.6. The predicted octanol–water partition coefficient (Wildman–Crippen LogP) is 1.57. The number of methoxy groups -OCH3 is 1. The fourth-order valence-electron chi connectivity index (χ4n) is 3.43. The van der Waals surface area contributed by atoms with Gasteiger partial charge < -0.3 is 15.0 Å². The van der Waals surface area contributed by atoms with Gasteiger partial charge in [0.2, 0.25) is 0 Å². The molecule has 0 spiro atoms. The van der Waals surface area contributed by atoms with Crippen LogP contribution in [0.5, 0.6) is 5.75 Å². The highest BCUT2D eigenvalue weighted by molar-refractivity contribution is 5.96. The molecular formula is C15H19N3O4. The van der Waals surface area contributed by atoms with Gasteiger partial charge in [-0.05, 0) is 37.9 Å². The van der Waals surface area contributed by atoms with Gasteiger partial charge in [0.1, 0.15) is 0 Å². The third-order valence-corrected chi connectivity index (χ3v) is 4.51. The SMILES string of the molecule is COc1ccc(C(=O)N2C3CCNCC2CC3)cc1[N+](=O)[O-]. The summed E-state index contributed by atoms with van der Waals surface area (Å²) >= 11 is 0. The molecule has 0 radical (unpaired) electrons. The smallest absolute Gasteiger partial charge is 0.311 e. The molecule has 1 aromatic carbocycles. The van der Waals surface area contributed by atoms with E-state index < -0.39 is 4.92 Å². The summed E-state index contributed by atoms with van der Waals surface area (Å²) in [6, 6.07) is 4.82. The lowest BCUT2D eigenvalue weighted by molar-refractivity contribution is -0.385. The molecule has 2 saturated heterocycles. The van der Waals surface area contributed by atoms with Crippen LogP contribution in [0.4, 0.5) is 5.69 Å². The van der Waals surface area contributed by atoms with Gasteiger partial charge in [0.05, 0.1) is 12.0 Å². The Morgan fingerprint density at radius 2 is 2.14 bits per heavy atom. The highest BCUT2D eigenvalue weighted by atomic mass is 16.6. The van der Waals surface area contributed by atoms with Gasteiger partial charge in [0.25, 0.3) is 5.91 Å². The minimum Gasteiger partial charge on any atom is -0.490 e. The molecule has 3 rings (SSSR count). The van der Waals surface area contributed by atoms with Gasteiger partial charge in [-0.25, -0.2) is 0 Å². The van der Waals surface area contributed by atoms with Crippen LogP contribution in [0.25, 0.3) is 0 Å². The van der Waals surface area contributed by atoms with Gasteiger partial charge in [-0.1, -0.05) is 0 Å². The summed E-state index contributed by atoms with van der Waals surface area (Å²) < 4.78 is 4.98. The van der Waals surface area contributed by atoms with Crippen molar-refractivity contribution in [3.05, 3.63) is 33.9 Å². The van der Waals surface area contributed by atoms with Crippen LogP contribution in [0, 0.1) is 10.1 Å². The summed E-state index contributed by atoms with van der Waals surface area (Å²) in [5.74, 6) is 0.0454. The lowest BCUT2D eigenvalue weighted by atomic mass is 10.1. The van der Waals surface area contributed by atoms with Gasteiger partial charge in [-0.15, -0.1) is 0 Å². The van der Waals surface area contributed by atoms with E-state index in [0.717, 1.165) is 32.4 Å². The molecule has 1 N–H and O–H groups in total. The van der Waals surface area contributed by atoms with Crippen molar-refractivity contribution in [1.82, 2.24) is 10.2 Å². The molecule has 2 aliphatic rings. The largest absolute Gasteiger partial charge is 0.490 e. The maximum Gasteiger partial charge on any atom is 0.311 e. The van der Waals surface area contributed by atoms with Crippen LogP contribution in [0.3, 0.4) is 0 Å². The van der Waals surface area contributed by atoms with Crippen LogP contribution in [-0.4, -0.2) is 48.0 Å². The number of carbonyl (C=O) groups excluding carboxylic acids is 1. The number of carbonyl (C=O) groups is 1. The third-order valence-electron chi connectivity index (χ3n) is 4.51. The number of rotatable bonds is 3. The van der Waals surface area contributed by atoms with Crippen LogP contribution in [0.1, 0.15) is 29.6 Å². The topological polar surface area (TPSA) is 84.7 Å². The maximum atomic E-state index is 12.8. The molecule has 7 nitrogen and oxygen atoms in total. The average molecular weight is 305 g/mol. The Morgan fingerprint density at radius 3 is 2.86 bits per heavy atom.